The van der Waals surface area contributed by atoms with Gasteiger partial charge in [0.15, 0.2) is 0 Å². The van der Waals surface area contributed by atoms with Crippen LogP contribution in [0.2, 0.25) is 0 Å². The van der Waals surface area contributed by atoms with E-state index in [1.807, 2.05) is 18.2 Å². The maximum atomic E-state index is 13.2. The Hall–Kier alpha value is -2.92. The normalized spacial score (nSPS) is 23.1. The van der Waals surface area contributed by atoms with Gasteiger partial charge in [-0.1, -0.05) is 6.07 Å². The van der Waals surface area contributed by atoms with Crippen molar-refractivity contribution in [2.24, 2.45) is 5.92 Å². The zero-order valence-corrected chi connectivity index (χ0v) is 25.4. The molecule has 0 spiro atoms. The number of fused-ring (bicyclic) bond motifs is 1. The highest BCUT2D eigenvalue weighted by molar-refractivity contribution is 7.90. The van der Waals surface area contributed by atoms with Crippen LogP contribution in [0.1, 0.15) is 63.4 Å². The second-order valence-electron chi connectivity index (χ2n) is 12.5. The van der Waals surface area contributed by atoms with Crippen molar-refractivity contribution in [2.75, 3.05) is 48.5 Å². The number of sulfone groups is 1. The summed E-state index contributed by atoms with van der Waals surface area (Å²) in [5.41, 5.74) is 2.18. The summed E-state index contributed by atoms with van der Waals surface area (Å²) in [4.78, 5) is 26.9. The molecule has 10 nitrogen and oxygen atoms in total. The Morgan fingerprint density at radius 3 is 2.45 bits per heavy atom. The van der Waals surface area contributed by atoms with Crippen molar-refractivity contribution in [3.05, 3.63) is 36.0 Å². The molecule has 4 aliphatic rings. The van der Waals surface area contributed by atoms with E-state index in [2.05, 4.69) is 31.5 Å². The Bertz CT molecular complexity index is 1350. The lowest BCUT2D eigenvalue weighted by Crippen LogP contribution is -2.48. The molecule has 0 atom stereocenters. The lowest BCUT2D eigenvalue weighted by atomic mass is 9.84. The van der Waals surface area contributed by atoms with E-state index in [-0.39, 0.29) is 17.7 Å². The third-order valence-electron chi connectivity index (χ3n) is 9.08. The fourth-order valence-corrected chi connectivity index (χ4v) is 7.27. The van der Waals surface area contributed by atoms with Gasteiger partial charge in [0.05, 0.1) is 12.4 Å². The zero-order chi connectivity index (χ0) is 29.1. The lowest BCUT2D eigenvalue weighted by molar-refractivity contribution is -0.137. The molecule has 1 amide bonds. The number of hydrogen-bond acceptors (Lipinski definition) is 9. The number of aromatic nitrogens is 2. The molecule has 3 heterocycles. The smallest absolute Gasteiger partial charge is 0.225 e. The van der Waals surface area contributed by atoms with Crippen LogP contribution in [-0.2, 0) is 21.1 Å². The number of piperidine rings is 1. The quantitative estimate of drug-likeness (QED) is 0.375. The van der Waals surface area contributed by atoms with Crippen LogP contribution < -0.4 is 20.3 Å². The van der Waals surface area contributed by atoms with Crippen molar-refractivity contribution in [3.63, 3.8) is 0 Å². The van der Waals surface area contributed by atoms with Crippen molar-refractivity contribution in [3.8, 4) is 5.75 Å². The molecule has 2 aromatic rings. The fourth-order valence-electron chi connectivity index (χ4n) is 6.62. The second kappa shape index (κ2) is 12.8. The molecule has 1 saturated heterocycles. The van der Waals surface area contributed by atoms with Gasteiger partial charge in [-0.3, -0.25) is 4.79 Å². The molecular formula is C31H44N6O4S. The monoisotopic (exact) mass is 596 g/mol. The largest absolute Gasteiger partial charge is 0.493 e. The van der Waals surface area contributed by atoms with Crippen molar-refractivity contribution in [1.82, 2.24) is 20.2 Å². The average molecular weight is 597 g/mol. The molecule has 2 aliphatic heterocycles. The first-order valence-corrected chi connectivity index (χ1v) is 17.7. The zero-order valence-electron chi connectivity index (χ0n) is 24.6. The minimum Gasteiger partial charge on any atom is -0.493 e. The first-order valence-electron chi connectivity index (χ1n) is 15.7. The first-order chi connectivity index (χ1) is 20.3. The number of carbonyl (C=O) groups excluding carboxylic acids is 1. The molecule has 3 fully saturated rings. The third kappa shape index (κ3) is 7.34. The van der Waals surface area contributed by atoms with E-state index in [1.165, 1.54) is 19.1 Å². The summed E-state index contributed by atoms with van der Waals surface area (Å²) in [5.74, 6) is 2.87. The Labute approximate surface area is 249 Å². The van der Waals surface area contributed by atoms with Crippen LogP contribution in [0.4, 0.5) is 17.5 Å². The number of carbonyl (C=O) groups is 1. The number of hydrogen-bond donors (Lipinski definition) is 2. The van der Waals surface area contributed by atoms with E-state index in [0.29, 0.717) is 30.9 Å². The molecule has 228 valence electrons. The molecule has 6 rings (SSSR count). The highest BCUT2D eigenvalue weighted by atomic mass is 32.2. The van der Waals surface area contributed by atoms with Gasteiger partial charge in [0.1, 0.15) is 21.4 Å². The van der Waals surface area contributed by atoms with Gasteiger partial charge in [0.2, 0.25) is 11.9 Å². The summed E-state index contributed by atoms with van der Waals surface area (Å²) in [6, 6.07) is 9.50. The van der Waals surface area contributed by atoms with E-state index >= 15 is 0 Å². The molecule has 42 heavy (non-hydrogen) atoms. The number of nitrogens with zero attached hydrogens (tertiary/aromatic N) is 4. The fraction of sp³-hybridized carbons (Fsp3) is 0.645. The topological polar surface area (TPSA) is 117 Å². The molecular weight excluding hydrogens is 552 g/mol. The van der Waals surface area contributed by atoms with Crippen molar-refractivity contribution >= 4 is 33.2 Å². The summed E-state index contributed by atoms with van der Waals surface area (Å²) in [5, 5.41) is 7.26. The van der Waals surface area contributed by atoms with Gasteiger partial charge in [-0.15, -0.1) is 0 Å². The molecule has 1 aromatic carbocycles. The van der Waals surface area contributed by atoms with Crippen LogP contribution in [0.5, 0.6) is 5.75 Å². The number of likely N-dealkylation sites (tertiary alicyclic amines) is 1. The first kappa shape index (κ1) is 29.2. The van der Waals surface area contributed by atoms with E-state index in [4.69, 9.17) is 9.72 Å². The molecule has 0 unspecified atom stereocenters. The molecule has 2 N–H and O–H groups in total. The Morgan fingerprint density at radius 2 is 1.71 bits per heavy atom. The van der Waals surface area contributed by atoms with Gasteiger partial charge in [-0.2, -0.15) is 4.98 Å². The van der Waals surface area contributed by atoms with Gasteiger partial charge in [0, 0.05) is 67.4 Å². The highest BCUT2D eigenvalue weighted by Crippen LogP contribution is 2.39. The average Bonchev–Trinajstić information content (AvgIpc) is 3.69. The maximum absolute atomic E-state index is 13.2. The number of benzene rings is 1. The molecule has 0 bridgehead atoms. The summed E-state index contributed by atoms with van der Waals surface area (Å²) in [7, 11) is -2.99. The van der Waals surface area contributed by atoms with Crippen molar-refractivity contribution < 1.29 is 17.9 Å². The predicted octanol–water partition coefficient (Wildman–Crippen LogP) is 3.70. The molecule has 0 radical (unpaired) electrons. The van der Waals surface area contributed by atoms with Gasteiger partial charge in [-0.25, -0.2) is 13.4 Å². The Balaban J connectivity index is 0.996. The summed E-state index contributed by atoms with van der Waals surface area (Å²) < 4.78 is 28.8. The van der Waals surface area contributed by atoms with E-state index in [1.54, 1.807) is 6.20 Å². The molecule has 1 aromatic heterocycles. The van der Waals surface area contributed by atoms with Gasteiger partial charge < -0.3 is 25.2 Å². The van der Waals surface area contributed by atoms with Gasteiger partial charge in [-0.05, 0) is 82.4 Å². The van der Waals surface area contributed by atoms with Crippen LogP contribution in [-0.4, -0.2) is 85.6 Å². The highest BCUT2D eigenvalue weighted by Gasteiger charge is 2.33. The summed E-state index contributed by atoms with van der Waals surface area (Å²) in [6.07, 6.45) is 12.8. The molecule has 11 heteroatoms. The third-order valence-corrected chi connectivity index (χ3v) is 10.1. The minimum atomic E-state index is -2.99. The van der Waals surface area contributed by atoms with Gasteiger partial charge >= 0.3 is 0 Å². The molecule has 2 saturated carbocycles. The number of amides is 1. The SMILES string of the molecule is CS(=O)(=O)CCCOc1cccc2c1CCN2c1ccnc(N[C@H]2CC[C@H](C(=O)N3CCC(NC4CC4)CC3)CC2)n1. The standard InChI is InChI=1S/C31H44N6O4S/c1-42(39,40)21-3-20-41-28-5-2-4-27-26(28)15-19-37(27)29-12-16-32-31(35-29)34-24-8-6-22(7-9-24)30(38)36-17-13-25(14-18-36)33-23-10-11-23/h2,4-5,12,16,22-25,33H,3,6-11,13-15,17-21H2,1H3,(H,32,34,35)/t22-,24-. The summed E-state index contributed by atoms with van der Waals surface area (Å²) in [6.45, 7) is 2.93. The number of nitrogens with one attached hydrogen (secondary N) is 2. The predicted molar refractivity (Wildman–Crippen MR) is 164 cm³/mol. The minimum absolute atomic E-state index is 0.125. The number of anilines is 3. The number of ether oxygens (including phenoxy) is 1. The van der Waals surface area contributed by atoms with Crippen LogP contribution in [0.15, 0.2) is 30.5 Å². The van der Waals surface area contributed by atoms with E-state index in [0.717, 1.165) is 93.4 Å². The Morgan fingerprint density at radius 1 is 0.976 bits per heavy atom. The van der Waals surface area contributed by atoms with Crippen LogP contribution in [0, 0.1) is 5.92 Å². The second-order valence-corrected chi connectivity index (χ2v) is 14.7. The van der Waals surface area contributed by atoms with E-state index in [9.17, 15) is 13.2 Å². The maximum Gasteiger partial charge on any atom is 0.225 e. The lowest BCUT2D eigenvalue weighted by Gasteiger charge is -2.36. The van der Waals surface area contributed by atoms with Crippen LogP contribution in [0.3, 0.4) is 0 Å². The molecule has 2 aliphatic carbocycles. The number of rotatable bonds is 11. The van der Waals surface area contributed by atoms with Crippen LogP contribution >= 0.6 is 0 Å². The van der Waals surface area contributed by atoms with E-state index < -0.39 is 9.84 Å². The van der Waals surface area contributed by atoms with Gasteiger partial charge in [0.25, 0.3) is 0 Å². The Kier molecular flexibility index (Phi) is 8.85. The van der Waals surface area contributed by atoms with Crippen LogP contribution in [0.25, 0.3) is 0 Å². The summed E-state index contributed by atoms with van der Waals surface area (Å²) >= 11 is 0. The van der Waals surface area contributed by atoms with Crippen molar-refractivity contribution in [2.45, 2.75) is 82.3 Å². The van der Waals surface area contributed by atoms with Crippen molar-refractivity contribution in [1.29, 1.82) is 0 Å².